The average Bonchev–Trinajstić information content (AvgIpc) is 0.987. The van der Waals surface area contributed by atoms with Crippen LogP contribution in [0.4, 0.5) is 0 Å². The number of rotatable bonds is 19. The highest BCUT2D eigenvalue weighted by atomic mass is 16.5. The third-order valence-electron chi connectivity index (χ3n) is 16.7. The Hall–Kier alpha value is -6.21. The highest BCUT2D eigenvalue weighted by molar-refractivity contribution is 5.99. The van der Waals surface area contributed by atoms with Gasteiger partial charge in [-0.25, -0.2) is 0 Å². The summed E-state index contributed by atoms with van der Waals surface area (Å²) >= 11 is 0. The van der Waals surface area contributed by atoms with Crippen LogP contribution in [-0.2, 0) is 57.5 Å². The standard InChI is InChI=1S/C64H116N12O13/c1-24-26-29-41(13)54(78)53-58(82)68-45(25-2)60(84)70(17)35-49(77)74(21)52(44(16)89-31-28-27-30-65)57(81)69-50(39(9)10)63(87)71(18)46(32-36(3)4)56(80)66-42(14)55(79)67-43(15)59(83)72(19)47(33-37(5)6)61(85)73(20)48(34-38(7)8)62(86)75(22)51(40(11)12)64(88)76(53)23/h24,26,36-48,50-54,78H,25,27-35,65H2,1-23H3,(H,66,80)(H,67,79)(H,68,82)(H,69,81)/b26-24+/t41-,42+,43-,44-,45+,46+,47+,48-,50+,51+,52+,53+,54-/m1/s1. The normalized spacial score (nSPS) is 26.5. The molecular formula is C64H116N12O13. The zero-order valence-electron chi connectivity index (χ0n) is 58.2. The number of unbranched alkanes of at least 4 members (excludes halogenated alkanes) is 1. The maximum Gasteiger partial charge on any atom is 0.246 e. The molecule has 1 saturated heterocycles. The second kappa shape index (κ2) is 37.8. The summed E-state index contributed by atoms with van der Waals surface area (Å²) < 4.78 is 6.12. The van der Waals surface area contributed by atoms with Crippen LogP contribution in [0.15, 0.2) is 12.2 Å². The van der Waals surface area contributed by atoms with Gasteiger partial charge in [0.25, 0.3) is 0 Å². The van der Waals surface area contributed by atoms with Gasteiger partial charge >= 0.3 is 0 Å². The molecule has 13 atom stereocenters. The molecule has 25 nitrogen and oxygen atoms in total. The molecule has 1 aliphatic rings. The number of aliphatic hydroxyl groups is 1. The molecule has 1 aliphatic heterocycles. The van der Waals surface area contributed by atoms with E-state index in [1.807, 2.05) is 41.5 Å². The van der Waals surface area contributed by atoms with Gasteiger partial charge in [-0.15, -0.1) is 0 Å². The molecule has 11 amide bonds. The molecule has 0 aromatic rings. The van der Waals surface area contributed by atoms with Crippen molar-refractivity contribution in [2.75, 3.05) is 69.0 Å². The van der Waals surface area contributed by atoms with Crippen LogP contribution in [0.3, 0.4) is 0 Å². The van der Waals surface area contributed by atoms with E-state index in [9.17, 15) is 48.3 Å². The first kappa shape index (κ1) is 80.8. The quantitative estimate of drug-likeness (QED) is 0.0800. The number of hydrogen-bond acceptors (Lipinski definition) is 14. The van der Waals surface area contributed by atoms with Gasteiger partial charge < -0.3 is 71.1 Å². The van der Waals surface area contributed by atoms with Gasteiger partial charge in [0, 0.05) is 55.9 Å². The molecule has 0 aromatic carbocycles. The van der Waals surface area contributed by atoms with Crippen molar-refractivity contribution >= 4 is 65.0 Å². The maximum absolute atomic E-state index is 15.2. The molecule has 7 N–H and O–H groups in total. The van der Waals surface area contributed by atoms with Crippen molar-refractivity contribution in [1.82, 2.24) is 55.6 Å². The third-order valence-corrected chi connectivity index (χ3v) is 16.7. The van der Waals surface area contributed by atoms with E-state index >= 15 is 9.59 Å². The molecule has 0 saturated carbocycles. The molecule has 1 fully saturated rings. The summed E-state index contributed by atoms with van der Waals surface area (Å²) in [6.45, 7) is 27.5. The topological polar surface area (TPSA) is 314 Å². The van der Waals surface area contributed by atoms with Crippen molar-refractivity contribution in [3.63, 3.8) is 0 Å². The lowest BCUT2D eigenvalue weighted by Gasteiger charge is -2.41. The van der Waals surface area contributed by atoms with Crippen molar-refractivity contribution in [2.24, 2.45) is 41.2 Å². The summed E-state index contributed by atoms with van der Waals surface area (Å²) in [5.74, 6) is -10.1. The average molecular weight is 1260 g/mol. The molecular weight excluding hydrogens is 1140 g/mol. The van der Waals surface area contributed by atoms with Crippen LogP contribution in [-0.4, -0.2) is 246 Å². The fourth-order valence-electron chi connectivity index (χ4n) is 11.1. The fraction of sp³-hybridized carbons (Fsp3) is 0.797. The van der Waals surface area contributed by atoms with Crippen LogP contribution >= 0.6 is 0 Å². The molecule has 89 heavy (non-hydrogen) atoms. The van der Waals surface area contributed by atoms with Gasteiger partial charge in [-0.05, 0) is 115 Å². The van der Waals surface area contributed by atoms with Crippen molar-refractivity contribution in [2.45, 2.75) is 228 Å². The lowest BCUT2D eigenvalue weighted by Crippen LogP contribution is -2.63. The van der Waals surface area contributed by atoms with E-state index in [0.717, 1.165) is 14.7 Å². The third kappa shape index (κ3) is 23.2. The Balaban J connectivity index is 4.38. The SMILES string of the molecule is C/C=C/C[C@@H](C)[C@@H](O)[C@H]1C(=O)N[C@@H](CC)C(=O)N(C)CC(=O)N(C)[C@@H]([C@@H](C)OCCCCN)C(=O)N[C@@H](C(C)C)C(=O)N(C)[C@@H](CC(C)C)C(=O)N[C@@H](C)C(=O)N[C@H](C)C(=O)N(C)[C@@H](CC(C)C)C(=O)N(C)[C@H](CC(C)C)C(=O)N(C)[C@@H](C(C)C)C(=O)N1C. The number of ether oxygens (including phenoxy) is 1. The number of nitrogens with one attached hydrogen (secondary N) is 4. The van der Waals surface area contributed by atoms with E-state index < -0.39 is 162 Å². The Morgan fingerprint density at radius 1 is 0.528 bits per heavy atom. The van der Waals surface area contributed by atoms with E-state index in [1.165, 1.54) is 82.8 Å². The van der Waals surface area contributed by atoms with Crippen molar-refractivity contribution < 1.29 is 62.6 Å². The van der Waals surface area contributed by atoms with Gasteiger partial charge in [0.05, 0.1) is 18.8 Å². The molecule has 0 spiro atoms. The van der Waals surface area contributed by atoms with Gasteiger partial charge in [0.15, 0.2) is 0 Å². The van der Waals surface area contributed by atoms with E-state index in [2.05, 4.69) is 21.3 Å². The van der Waals surface area contributed by atoms with Crippen LogP contribution in [0.5, 0.6) is 0 Å². The van der Waals surface area contributed by atoms with Crippen LogP contribution in [0, 0.1) is 35.5 Å². The van der Waals surface area contributed by atoms with E-state index in [0.29, 0.717) is 25.8 Å². The molecule has 25 heteroatoms. The Morgan fingerprint density at radius 3 is 1.48 bits per heavy atom. The second-order valence-electron chi connectivity index (χ2n) is 26.5. The largest absolute Gasteiger partial charge is 0.390 e. The summed E-state index contributed by atoms with van der Waals surface area (Å²) in [6, 6.07) is -12.8. The zero-order valence-corrected chi connectivity index (χ0v) is 58.2. The number of nitrogens with zero attached hydrogens (tertiary/aromatic N) is 7. The van der Waals surface area contributed by atoms with Crippen LogP contribution < -0.4 is 27.0 Å². The van der Waals surface area contributed by atoms with E-state index in [4.69, 9.17) is 10.5 Å². The maximum atomic E-state index is 15.2. The van der Waals surface area contributed by atoms with Crippen molar-refractivity contribution in [3.05, 3.63) is 12.2 Å². The number of aliphatic hydroxyl groups excluding tert-OH is 1. The molecule has 1 heterocycles. The monoisotopic (exact) mass is 1260 g/mol. The van der Waals surface area contributed by atoms with Crippen molar-refractivity contribution in [3.8, 4) is 0 Å². The van der Waals surface area contributed by atoms with E-state index in [1.54, 1.807) is 67.5 Å². The van der Waals surface area contributed by atoms with Crippen LogP contribution in [0.2, 0.25) is 0 Å². The Kier molecular flexibility index (Phi) is 34.3. The highest BCUT2D eigenvalue weighted by Gasteiger charge is 2.46. The first-order chi connectivity index (χ1) is 41.3. The summed E-state index contributed by atoms with van der Waals surface area (Å²) in [5, 5.41) is 23.1. The number of amides is 11. The lowest BCUT2D eigenvalue weighted by atomic mass is 9.91. The fourth-order valence-corrected chi connectivity index (χ4v) is 11.1. The number of allylic oxidation sites excluding steroid dienone is 2. The molecule has 0 aromatic heterocycles. The molecule has 510 valence electrons. The minimum atomic E-state index is -1.63. The van der Waals surface area contributed by atoms with Crippen LogP contribution in [0.1, 0.15) is 156 Å². The number of hydrogen-bond donors (Lipinski definition) is 6. The molecule has 0 aliphatic carbocycles. The first-order valence-electron chi connectivity index (χ1n) is 31.9. The number of likely N-dealkylation sites (N-methyl/N-ethyl adjacent to an activating group) is 7. The molecule has 0 bridgehead atoms. The minimum Gasteiger partial charge on any atom is -0.390 e. The second-order valence-corrected chi connectivity index (χ2v) is 26.5. The molecule has 0 unspecified atom stereocenters. The van der Waals surface area contributed by atoms with Gasteiger partial charge in [-0.2, -0.15) is 0 Å². The number of carbonyl (C=O) groups excluding carboxylic acids is 11. The number of carbonyl (C=O) groups is 11. The zero-order chi connectivity index (χ0) is 68.8. The van der Waals surface area contributed by atoms with Crippen LogP contribution in [0.25, 0.3) is 0 Å². The molecule has 0 radical (unpaired) electrons. The highest BCUT2D eigenvalue weighted by Crippen LogP contribution is 2.26. The minimum absolute atomic E-state index is 0.00458. The predicted octanol–water partition coefficient (Wildman–Crippen LogP) is 2.37. The number of nitrogens with two attached hydrogens (primary N) is 1. The summed E-state index contributed by atoms with van der Waals surface area (Å²) in [4.78, 5) is 170. The Bertz CT molecular complexity index is 2400. The lowest BCUT2D eigenvalue weighted by molar-refractivity contribution is -0.157. The van der Waals surface area contributed by atoms with Gasteiger partial charge in [-0.1, -0.05) is 95.2 Å². The van der Waals surface area contributed by atoms with Gasteiger partial charge in [-0.3, -0.25) is 52.7 Å². The summed E-state index contributed by atoms with van der Waals surface area (Å²) in [7, 11) is 9.79. The predicted molar refractivity (Wildman–Crippen MR) is 343 cm³/mol. The van der Waals surface area contributed by atoms with Gasteiger partial charge in [0.1, 0.15) is 60.4 Å². The van der Waals surface area contributed by atoms with Gasteiger partial charge in [0.2, 0.25) is 65.0 Å². The van der Waals surface area contributed by atoms with E-state index in [-0.39, 0.29) is 50.0 Å². The molecule has 1 rings (SSSR count). The summed E-state index contributed by atoms with van der Waals surface area (Å²) in [5.41, 5.74) is 5.74. The Labute approximate surface area is 532 Å². The van der Waals surface area contributed by atoms with Crippen molar-refractivity contribution in [1.29, 1.82) is 0 Å². The Morgan fingerprint density at radius 2 is 1.00 bits per heavy atom. The summed E-state index contributed by atoms with van der Waals surface area (Å²) in [6.07, 6.45) is 2.93. The smallest absolute Gasteiger partial charge is 0.246 e. The first-order valence-corrected chi connectivity index (χ1v) is 31.9.